The summed E-state index contributed by atoms with van der Waals surface area (Å²) in [6, 6.07) is 15.2. The number of carbonyl (C=O) groups excluding carboxylic acids is 1. The number of rotatable bonds is 3. The molecule has 0 heterocycles. The van der Waals surface area contributed by atoms with E-state index < -0.39 is 0 Å². The number of hydrogen-bond acceptors (Lipinski definition) is 2. The van der Waals surface area contributed by atoms with Crippen LogP contribution in [0, 0.1) is 6.92 Å². The van der Waals surface area contributed by atoms with Gasteiger partial charge in [-0.1, -0.05) is 46.3 Å². The van der Waals surface area contributed by atoms with Crippen molar-refractivity contribution in [3.8, 4) is 0 Å². The van der Waals surface area contributed by atoms with Crippen molar-refractivity contribution in [1.82, 2.24) is 5.43 Å². The minimum absolute atomic E-state index is 0.197. The molecule has 2 aromatic carbocycles. The Balaban J connectivity index is 2.13. The molecule has 20 heavy (non-hydrogen) atoms. The lowest BCUT2D eigenvalue weighted by atomic mass is 10.1. The molecule has 0 aromatic heterocycles. The largest absolute Gasteiger partial charge is 0.271 e. The van der Waals surface area contributed by atoms with Gasteiger partial charge >= 0.3 is 0 Å². The minimum atomic E-state index is -0.197. The summed E-state index contributed by atoms with van der Waals surface area (Å²) in [4.78, 5) is 12.0. The van der Waals surface area contributed by atoms with E-state index in [4.69, 9.17) is 0 Å². The first-order valence-electron chi connectivity index (χ1n) is 6.24. The number of amides is 1. The molecule has 0 atom stereocenters. The van der Waals surface area contributed by atoms with Gasteiger partial charge in [0.25, 0.3) is 5.91 Å². The molecule has 1 amide bonds. The maximum atomic E-state index is 12.0. The van der Waals surface area contributed by atoms with E-state index in [0.29, 0.717) is 5.56 Å². The third kappa shape index (κ3) is 3.54. The molecule has 0 unspecified atom stereocenters. The van der Waals surface area contributed by atoms with Crippen molar-refractivity contribution in [2.45, 2.75) is 13.8 Å². The molecule has 0 aliphatic carbocycles. The fraction of sp³-hybridized carbons (Fsp3) is 0.125. The number of hydrazone groups is 1. The van der Waals surface area contributed by atoms with Crippen LogP contribution in [0.5, 0.6) is 0 Å². The summed E-state index contributed by atoms with van der Waals surface area (Å²) < 4.78 is 0.981. The fourth-order valence-electron chi connectivity index (χ4n) is 1.80. The van der Waals surface area contributed by atoms with Crippen LogP contribution >= 0.6 is 15.9 Å². The highest BCUT2D eigenvalue weighted by molar-refractivity contribution is 9.10. The van der Waals surface area contributed by atoms with Crippen LogP contribution in [0.1, 0.15) is 28.4 Å². The average molecular weight is 331 g/mol. The zero-order valence-electron chi connectivity index (χ0n) is 11.4. The molecule has 4 heteroatoms. The van der Waals surface area contributed by atoms with E-state index in [2.05, 4.69) is 26.5 Å². The highest BCUT2D eigenvalue weighted by Gasteiger charge is 2.07. The van der Waals surface area contributed by atoms with Gasteiger partial charge in [0.15, 0.2) is 0 Å². The number of halogens is 1. The first-order valence-corrected chi connectivity index (χ1v) is 7.03. The zero-order chi connectivity index (χ0) is 14.5. The molecule has 0 aliphatic heterocycles. The van der Waals surface area contributed by atoms with E-state index in [1.165, 1.54) is 0 Å². The normalized spacial score (nSPS) is 11.2. The second-order valence-corrected chi connectivity index (χ2v) is 5.38. The van der Waals surface area contributed by atoms with Crippen LogP contribution in [-0.2, 0) is 0 Å². The average Bonchev–Trinajstić information content (AvgIpc) is 2.45. The number of aryl methyl sites for hydroxylation is 1. The van der Waals surface area contributed by atoms with Gasteiger partial charge in [-0.25, -0.2) is 5.43 Å². The summed E-state index contributed by atoms with van der Waals surface area (Å²) in [6.07, 6.45) is 0. The van der Waals surface area contributed by atoms with Gasteiger partial charge in [-0.15, -0.1) is 0 Å². The summed E-state index contributed by atoms with van der Waals surface area (Å²) >= 11 is 3.41. The van der Waals surface area contributed by atoms with Crippen molar-refractivity contribution in [1.29, 1.82) is 0 Å². The van der Waals surface area contributed by atoms with Crippen molar-refractivity contribution in [2.24, 2.45) is 5.10 Å². The minimum Gasteiger partial charge on any atom is -0.267 e. The van der Waals surface area contributed by atoms with Crippen molar-refractivity contribution in [3.63, 3.8) is 0 Å². The lowest BCUT2D eigenvalue weighted by Crippen LogP contribution is -2.20. The molecule has 0 spiro atoms. The molecule has 2 rings (SSSR count). The van der Waals surface area contributed by atoms with E-state index in [-0.39, 0.29) is 5.91 Å². The van der Waals surface area contributed by atoms with Gasteiger partial charge in [0.2, 0.25) is 0 Å². The lowest BCUT2D eigenvalue weighted by molar-refractivity contribution is 0.0954. The number of nitrogens with zero attached hydrogens (tertiary/aromatic N) is 1. The summed E-state index contributed by atoms with van der Waals surface area (Å²) in [5.74, 6) is -0.197. The van der Waals surface area contributed by atoms with Crippen molar-refractivity contribution >= 4 is 27.5 Å². The summed E-state index contributed by atoms with van der Waals surface area (Å²) in [5.41, 5.74) is 5.88. The molecule has 0 bridgehead atoms. The summed E-state index contributed by atoms with van der Waals surface area (Å²) in [7, 11) is 0. The molecule has 0 aliphatic rings. The first kappa shape index (κ1) is 14.5. The molecule has 0 fully saturated rings. The van der Waals surface area contributed by atoms with E-state index >= 15 is 0 Å². The van der Waals surface area contributed by atoms with Crippen molar-refractivity contribution < 1.29 is 4.79 Å². The predicted octanol–water partition coefficient (Wildman–Crippen LogP) is 3.91. The molecule has 0 saturated carbocycles. The molecule has 3 nitrogen and oxygen atoms in total. The Labute approximate surface area is 126 Å². The highest BCUT2D eigenvalue weighted by Crippen LogP contribution is 2.12. The van der Waals surface area contributed by atoms with Crippen molar-refractivity contribution in [2.75, 3.05) is 0 Å². The van der Waals surface area contributed by atoms with Gasteiger partial charge < -0.3 is 0 Å². The van der Waals surface area contributed by atoms with Gasteiger partial charge in [0.05, 0.1) is 5.71 Å². The van der Waals surface area contributed by atoms with Gasteiger partial charge in [-0.3, -0.25) is 4.79 Å². The Morgan fingerprint density at radius 3 is 2.60 bits per heavy atom. The highest BCUT2D eigenvalue weighted by atomic mass is 79.9. The third-order valence-electron chi connectivity index (χ3n) is 2.96. The smallest absolute Gasteiger partial charge is 0.267 e. The van der Waals surface area contributed by atoms with E-state index in [1.54, 1.807) is 6.07 Å². The molecule has 0 saturated heterocycles. The van der Waals surface area contributed by atoms with E-state index in [9.17, 15) is 4.79 Å². The monoisotopic (exact) mass is 330 g/mol. The number of nitrogens with one attached hydrogen (secondary N) is 1. The molecule has 0 radical (unpaired) electrons. The molecule has 102 valence electrons. The van der Waals surface area contributed by atoms with Crippen LogP contribution in [0.3, 0.4) is 0 Å². The molecular weight excluding hydrogens is 316 g/mol. The van der Waals surface area contributed by atoms with E-state index in [1.807, 2.05) is 56.3 Å². The third-order valence-corrected chi connectivity index (χ3v) is 3.45. The Bertz CT molecular complexity index is 665. The van der Waals surface area contributed by atoms with Gasteiger partial charge in [-0.2, -0.15) is 5.10 Å². The summed E-state index contributed by atoms with van der Waals surface area (Å²) in [6.45, 7) is 3.76. The van der Waals surface area contributed by atoms with Crippen LogP contribution in [-0.4, -0.2) is 11.6 Å². The Morgan fingerprint density at radius 2 is 1.90 bits per heavy atom. The number of hydrogen-bond donors (Lipinski definition) is 1. The standard InChI is InChI=1S/C16H15BrN2O/c1-11-6-3-4-9-15(11)16(20)19-18-12(2)13-7-5-8-14(17)10-13/h3-10H,1-2H3,(H,19,20)/b18-12+. The zero-order valence-corrected chi connectivity index (χ0v) is 12.9. The Morgan fingerprint density at radius 1 is 1.15 bits per heavy atom. The molecule has 1 N–H and O–H groups in total. The maximum absolute atomic E-state index is 12.0. The maximum Gasteiger partial charge on any atom is 0.271 e. The fourth-order valence-corrected chi connectivity index (χ4v) is 2.20. The second kappa shape index (κ2) is 6.48. The van der Waals surface area contributed by atoms with E-state index in [0.717, 1.165) is 21.3 Å². The summed E-state index contributed by atoms with van der Waals surface area (Å²) in [5, 5.41) is 4.15. The number of carbonyl (C=O) groups is 1. The van der Waals surface area contributed by atoms with Crippen LogP contribution in [0.2, 0.25) is 0 Å². The lowest BCUT2D eigenvalue weighted by Gasteiger charge is -2.05. The molecule has 2 aromatic rings. The Kier molecular flexibility index (Phi) is 4.69. The quantitative estimate of drug-likeness (QED) is 0.672. The number of benzene rings is 2. The first-order chi connectivity index (χ1) is 9.58. The van der Waals surface area contributed by atoms with Crippen LogP contribution in [0.25, 0.3) is 0 Å². The van der Waals surface area contributed by atoms with Gasteiger partial charge in [0, 0.05) is 10.0 Å². The van der Waals surface area contributed by atoms with Crippen LogP contribution < -0.4 is 5.43 Å². The SMILES string of the molecule is C/C(=N\NC(=O)c1ccccc1C)c1cccc(Br)c1. The van der Waals surface area contributed by atoms with Crippen LogP contribution in [0.4, 0.5) is 0 Å². The van der Waals surface area contributed by atoms with Crippen LogP contribution in [0.15, 0.2) is 58.1 Å². The van der Waals surface area contributed by atoms with Gasteiger partial charge in [0.1, 0.15) is 0 Å². The predicted molar refractivity (Wildman–Crippen MR) is 85.0 cm³/mol. The second-order valence-electron chi connectivity index (χ2n) is 4.46. The Hall–Kier alpha value is -1.94. The topological polar surface area (TPSA) is 41.5 Å². The van der Waals surface area contributed by atoms with Gasteiger partial charge in [-0.05, 0) is 43.2 Å². The van der Waals surface area contributed by atoms with Crippen molar-refractivity contribution in [3.05, 3.63) is 69.7 Å². The molecular formula is C16H15BrN2O.